The molecule has 0 spiro atoms. The van der Waals surface area contributed by atoms with Crippen LogP contribution in [-0.2, 0) is 6.54 Å². The van der Waals surface area contributed by atoms with Gasteiger partial charge in [-0.15, -0.1) is 11.3 Å². The molecule has 6 rings (SSSR count). The van der Waals surface area contributed by atoms with Gasteiger partial charge in [0.05, 0.1) is 25.0 Å². The topological polar surface area (TPSA) is 49.0 Å². The molecule has 3 aliphatic rings. The smallest absolute Gasteiger partial charge is 0.260 e. The van der Waals surface area contributed by atoms with Crippen LogP contribution < -0.4 is 5.56 Å². The first-order valence-corrected chi connectivity index (χ1v) is 10.2. The van der Waals surface area contributed by atoms with Crippen molar-refractivity contribution >= 4 is 33.2 Å². The number of aromatic amines is 1. The van der Waals surface area contributed by atoms with Crippen molar-refractivity contribution in [2.45, 2.75) is 6.54 Å². The summed E-state index contributed by atoms with van der Waals surface area (Å²) in [5, 5.41) is 3.40. The first-order valence-electron chi connectivity index (χ1n) is 8.96. The minimum atomic E-state index is -0.0370. The molecule has 0 saturated carbocycles. The van der Waals surface area contributed by atoms with Crippen molar-refractivity contribution in [2.75, 3.05) is 39.3 Å². The van der Waals surface area contributed by atoms with E-state index in [1.807, 2.05) is 29.6 Å². The van der Waals surface area contributed by atoms with Gasteiger partial charge in [0.25, 0.3) is 5.56 Å². The molecule has 2 aromatic heterocycles. The Morgan fingerprint density at radius 1 is 1.15 bits per heavy atom. The Hall–Kier alpha value is -1.73. The van der Waals surface area contributed by atoms with E-state index in [1.54, 1.807) is 11.3 Å². The molecule has 0 atom stereocenters. The molecule has 1 aromatic carbocycles. The molecule has 7 heteroatoms. The molecule has 3 saturated heterocycles. The average Bonchev–Trinajstić information content (AvgIpc) is 3.08. The second-order valence-electron chi connectivity index (χ2n) is 7.36. The standard InChI is InChI=1S/C19H19ClN4OS/c20-14-3-1-13(2-4-14)15-12-26-19-17(15)18(25)21-16(22-19)11-24-8-5-23(6-9-24)7-10-24/h1-4,12H,5-11H2/p+1. The van der Waals surface area contributed by atoms with Gasteiger partial charge in [0.1, 0.15) is 11.4 Å². The molecule has 134 valence electrons. The first-order chi connectivity index (χ1) is 12.6. The Balaban J connectivity index is 1.52. The van der Waals surface area contributed by atoms with Crippen LogP contribution >= 0.6 is 22.9 Å². The van der Waals surface area contributed by atoms with E-state index in [0.717, 1.165) is 72.1 Å². The van der Waals surface area contributed by atoms with Crippen molar-refractivity contribution in [3.63, 3.8) is 0 Å². The van der Waals surface area contributed by atoms with Gasteiger partial charge >= 0.3 is 0 Å². The third kappa shape index (κ3) is 2.77. The van der Waals surface area contributed by atoms with Crippen LogP contribution in [0.15, 0.2) is 34.4 Å². The third-order valence-corrected chi connectivity index (χ3v) is 6.93. The van der Waals surface area contributed by atoms with Gasteiger partial charge in [-0.25, -0.2) is 4.98 Å². The highest BCUT2D eigenvalue weighted by Gasteiger charge is 2.39. The zero-order valence-corrected chi connectivity index (χ0v) is 15.9. The number of rotatable bonds is 3. The van der Waals surface area contributed by atoms with Gasteiger partial charge in [-0.1, -0.05) is 23.7 Å². The highest BCUT2D eigenvalue weighted by atomic mass is 35.5. The SMILES string of the molecule is O=c1[nH]c(C[N+]23CCN(CC2)CC3)nc2scc(-c3ccc(Cl)cc3)c12. The molecule has 3 aliphatic heterocycles. The number of quaternary nitrogens is 1. The molecular weight excluding hydrogens is 368 g/mol. The Labute approximate surface area is 160 Å². The fourth-order valence-electron chi connectivity index (χ4n) is 4.20. The number of thiophene rings is 1. The predicted molar refractivity (Wildman–Crippen MR) is 106 cm³/mol. The fraction of sp³-hybridized carbons (Fsp3) is 0.368. The van der Waals surface area contributed by atoms with Crippen LogP contribution in [-0.4, -0.2) is 58.6 Å². The summed E-state index contributed by atoms with van der Waals surface area (Å²) in [6, 6.07) is 7.59. The molecule has 5 nitrogen and oxygen atoms in total. The number of fused-ring (bicyclic) bond motifs is 4. The molecule has 5 heterocycles. The van der Waals surface area contributed by atoms with Crippen molar-refractivity contribution in [1.82, 2.24) is 14.9 Å². The largest absolute Gasteiger partial charge is 0.314 e. The summed E-state index contributed by atoms with van der Waals surface area (Å²) < 4.78 is 1.06. The number of aromatic nitrogens is 2. The van der Waals surface area contributed by atoms with Gasteiger partial charge in [0.2, 0.25) is 0 Å². The van der Waals surface area contributed by atoms with Crippen LogP contribution in [0, 0.1) is 0 Å². The van der Waals surface area contributed by atoms with E-state index in [2.05, 4.69) is 9.88 Å². The van der Waals surface area contributed by atoms with Gasteiger partial charge in [-0.05, 0) is 17.7 Å². The van der Waals surface area contributed by atoms with Crippen LogP contribution in [0.1, 0.15) is 5.82 Å². The Bertz CT molecular complexity index is 1000. The second-order valence-corrected chi connectivity index (χ2v) is 8.66. The number of nitrogens with zero attached hydrogens (tertiary/aromatic N) is 3. The number of benzene rings is 1. The fourth-order valence-corrected chi connectivity index (χ4v) is 5.29. The predicted octanol–water partition coefficient (Wildman–Crippen LogP) is 2.95. The van der Waals surface area contributed by atoms with E-state index in [-0.39, 0.29) is 5.56 Å². The molecule has 3 aromatic rings. The Morgan fingerprint density at radius 2 is 1.85 bits per heavy atom. The van der Waals surface area contributed by atoms with E-state index < -0.39 is 0 Å². The minimum absolute atomic E-state index is 0.0370. The van der Waals surface area contributed by atoms with E-state index in [4.69, 9.17) is 16.6 Å². The molecule has 1 N–H and O–H groups in total. The van der Waals surface area contributed by atoms with Crippen LogP contribution in [0.5, 0.6) is 0 Å². The van der Waals surface area contributed by atoms with E-state index in [0.29, 0.717) is 10.4 Å². The lowest BCUT2D eigenvalue weighted by Gasteiger charge is -2.50. The average molecular weight is 388 g/mol. The Morgan fingerprint density at radius 3 is 2.54 bits per heavy atom. The van der Waals surface area contributed by atoms with Crippen LogP contribution in [0.25, 0.3) is 21.3 Å². The number of halogens is 1. The number of piperazine rings is 3. The van der Waals surface area contributed by atoms with Crippen LogP contribution in [0.4, 0.5) is 0 Å². The molecule has 3 fully saturated rings. The summed E-state index contributed by atoms with van der Waals surface area (Å²) in [5.74, 6) is 0.822. The van der Waals surface area contributed by atoms with Gasteiger partial charge in [-0.3, -0.25) is 9.69 Å². The summed E-state index contributed by atoms with van der Waals surface area (Å²) in [7, 11) is 0. The maximum atomic E-state index is 12.8. The number of H-pyrrole nitrogens is 1. The van der Waals surface area contributed by atoms with Gasteiger partial charge < -0.3 is 9.47 Å². The van der Waals surface area contributed by atoms with Gasteiger partial charge in [0.15, 0.2) is 5.82 Å². The second kappa shape index (κ2) is 6.16. The van der Waals surface area contributed by atoms with Crippen LogP contribution in [0.3, 0.4) is 0 Å². The number of hydrogen-bond donors (Lipinski definition) is 1. The van der Waals surface area contributed by atoms with Gasteiger partial charge in [0, 0.05) is 35.6 Å². The lowest BCUT2D eigenvalue weighted by molar-refractivity contribution is -0.953. The number of nitrogens with one attached hydrogen (secondary N) is 1. The molecule has 0 amide bonds. The van der Waals surface area contributed by atoms with Crippen molar-refractivity contribution in [1.29, 1.82) is 0 Å². The van der Waals surface area contributed by atoms with Crippen LogP contribution in [0.2, 0.25) is 5.02 Å². The zero-order valence-electron chi connectivity index (χ0n) is 14.4. The van der Waals surface area contributed by atoms with E-state index >= 15 is 0 Å². The normalized spacial score (nSPS) is 25.0. The summed E-state index contributed by atoms with van der Waals surface area (Å²) >= 11 is 7.52. The summed E-state index contributed by atoms with van der Waals surface area (Å²) in [4.78, 5) is 24.1. The lowest BCUT2D eigenvalue weighted by atomic mass is 10.1. The maximum Gasteiger partial charge on any atom is 0.260 e. The first kappa shape index (κ1) is 16.4. The van der Waals surface area contributed by atoms with Crippen molar-refractivity contribution in [3.05, 3.63) is 50.8 Å². The van der Waals surface area contributed by atoms with E-state index in [9.17, 15) is 4.79 Å². The monoisotopic (exact) mass is 387 g/mol. The maximum absolute atomic E-state index is 12.8. The third-order valence-electron chi connectivity index (χ3n) is 5.81. The highest BCUT2D eigenvalue weighted by molar-refractivity contribution is 7.17. The molecule has 0 aliphatic carbocycles. The highest BCUT2D eigenvalue weighted by Crippen LogP contribution is 2.32. The van der Waals surface area contributed by atoms with E-state index in [1.165, 1.54) is 0 Å². The summed E-state index contributed by atoms with van der Waals surface area (Å²) in [6.07, 6.45) is 0. The molecule has 2 bridgehead atoms. The molecular formula is C19H20ClN4OS+. The summed E-state index contributed by atoms with van der Waals surface area (Å²) in [6.45, 7) is 7.77. The van der Waals surface area contributed by atoms with Gasteiger partial charge in [-0.2, -0.15) is 0 Å². The molecule has 26 heavy (non-hydrogen) atoms. The van der Waals surface area contributed by atoms with Crippen molar-refractivity contribution in [3.8, 4) is 11.1 Å². The van der Waals surface area contributed by atoms with Crippen molar-refractivity contribution < 1.29 is 4.48 Å². The summed E-state index contributed by atoms with van der Waals surface area (Å²) in [5.41, 5.74) is 1.89. The van der Waals surface area contributed by atoms with Crippen molar-refractivity contribution in [2.24, 2.45) is 0 Å². The zero-order chi connectivity index (χ0) is 17.7. The molecule has 0 radical (unpaired) electrons. The number of hydrogen-bond acceptors (Lipinski definition) is 4. The quantitative estimate of drug-likeness (QED) is 0.703. The Kier molecular flexibility index (Phi) is 3.90. The lowest BCUT2D eigenvalue weighted by Crippen LogP contribution is -2.66. The molecule has 0 unspecified atom stereocenters. The minimum Gasteiger partial charge on any atom is -0.314 e.